The van der Waals surface area contributed by atoms with E-state index in [0.717, 1.165) is 33.8 Å². The van der Waals surface area contributed by atoms with Gasteiger partial charge in [-0.1, -0.05) is 170 Å². The van der Waals surface area contributed by atoms with E-state index in [1.54, 1.807) is 0 Å². The summed E-state index contributed by atoms with van der Waals surface area (Å²) in [4.78, 5) is 6.20. The maximum absolute atomic E-state index is 3.77. The molecule has 1 aromatic heterocycles. The third-order valence-electron chi connectivity index (χ3n) is 12.2. The fraction of sp³-hybridized carbons (Fsp3) is 0. The number of nitrogens with one attached hydrogen (secondary N) is 1. The van der Waals surface area contributed by atoms with Crippen LogP contribution in [0.5, 0.6) is 0 Å². The zero-order valence-electron chi connectivity index (χ0n) is 31.7. The van der Waals surface area contributed by atoms with Crippen LogP contribution in [0, 0.1) is 0 Å². The first-order chi connectivity index (χ1) is 28.8. The van der Waals surface area contributed by atoms with Crippen LogP contribution in [-0.2, 0) is 0 Å². The number of aromatic nitrogens is 1. The highest BCUT2D eigenvalue weighted by atomic mass is 15.1. The number of anilines is 3. The lowest BCUT2D eigenvalue weighted by molar-refractivity contribution is 1.30. The molecule has 0 atom stereocenters. The van der Waals surface area contributed by atoms with Crippen LogP contribution < -0.4 is 4.90 Å². The van der Waals surface area contributed by atoms with Gasteiger partial charge < -0.3 is 9.88 Å². The zero-order chi connectivity index (χ0) is 38.2. The molecule has 11 aromatic rings. The predicted octanol–water partition coefficient (Wildman–Crippen LogP) is 15.7. The second kappa shape index (κ2) is 12.9. The average Bonchev–Trinajstić information content (AvgIpc) is 3.85. The predicted molar refractivity (Wildman–Crippen MR) is 246 cm³/mol. The Balaban J connectivity index is 1.01. The number of hydrogen-bond acceptors (Lipinski definition) is 1. The largest absolute Gasteiger partial charge is 0.354 e. The molecule has 2 nitrogen and oxygen atoms in total. The molecular weight excluding hydrogens is 701 g/mol. The molecule has 2 heteroatoms. The minimum Gasteiger partial charge on any atom is -0.354 e. The summed E-state index contributed by atoms with van der Waals surface area (Å²) in [5.74, 6) is 0. The number of H-pyrrole nitrogens is 1. The summed E-state index contributed by atoms with van der Waals surface area (Å²) in [5, 5.41) is 8.86. The Morgan fingerprint density at radius 1 is 0.328 bits per heavy atom. The third-order valence-corrected chi connectivity index (χ3v) is 12.2. The van der Waals surface area contributed by atoms with Crippen molar-refractivity contribution in [2.75, 3.05) is 4.90 Å². The molecule has 0 amide bonds. The number of para-hydroxylation sites is 1. The van der Waals surface area contributed by atoms with Crippen LogP contribution in [0.15, 0.2) is 212 Å². The normalized spacial score (nSPS) is 11.8. The fourth-order valence-corrected chi connectivity index (χ4v) is 9.44. The summed E-state index contributed by atoms with van der Waals surface area (Å²) in [6, 6.07) is 77.6. The molecule has 270 valence electrons. The van der Waals surface area contributed by atoms with E-state index in [1.165, 1.54) is 82.2 Å². The van der Waals surface area contributed by atoms with Gasteiger partial charge in [0.15, 0.2) is 0 Å². The van der Waals surface area contributed by atoms with Gasteiger partial charge in [-0.05, 0) is 114 Å². The lowest BCUT2D eigenvalue weighted by Crippen LogP contribution is -2.10. The second-order valence-electron chi connectivity index (χ2n) is 15.3. The molecule has 0 spiro atoms. The first kappa shape index (κ1) is 32.6. The van der Waals surface area contributed by atoms with Gasteiger partial charge in [0.1, 0.15) is 0 Å². The van der Waals surface area contributed by atoms with Gasteiger partial charge >= 0.3 is 0 Å². The van der Waals surface area contributed by atoms with E-state index < -0.39 is 0 Å². The monoisotopic (exact) mass is 736 g/mol. The molecule has 1 N–H and O–H groups in total. The molecule has 12 rings (SSSR count). The quantitative estimate of drug-likeness (QED) is 0.168. The van der Waals surface area contributed by atoms with Crippen LogP contribution in [0.25, 0.3) is 99.0 Å². The van der Waals surface area contributed by atoms with E-state index in [1.807, 2.05) is 0 Å². The minimum absolute atomic E-state index is 1.10. The van der Waals surface area contributed by atoms with Crippen molar-refractivity contribution in [3.8, 4) is 55.8 Å². The van der Waals surface area contributed by atoms with Gasteiger partial charge in [-0.3, -0.25) is 0 Å². The summed E-state index contributed by atoms with van der Waals surface area (Å²) in [5.41, 5.74) is 16.8. The van der Waals surface area contributed by atoms with Gasteiger partial charge in [0.2, 0.25) is 0 Å². The molecule has 58 heavy (non-hydrogen) atoms. The van der Waals surface area contributed by atoms with Gasteiger partial charge in [-0.15, -0.1) is 0 Å². The van der Waals surface area contributed by atoms with E-state index in [2.05, 4.69) is 222 Å². The maximum atomic E-state index is 3.77. The van der Waals surface area contributed by atoms with Crippen molar-refractivity contribution in [2.45, 2.75) is 0 Å². The van der Waals surface area contributed by atoms with Gasteiger partial charge in [-0.25, -0.2) is 0 Å². The number of fused-ring (bicyclic) bond motifs is 7. The Hall–Kier alpha value is -7.68. The molecule has 0 aliphatic heterocycles. The number of aromatic amines is 1. The first-order valence-corrected chi connectivity index (χ1v) is 20.0. The molecule has 10 aromatic carbocycles. The Bertz CT molecular complexity index is 3340. The molecule has 1 aliphatic rings. The van der Waals surface area contributed by atoms with Gasteiger partial charge in [0.25, 0.3) is 0 Å². The van der Waals surface area contributed by atoms with Crippen molar-refractivity contribution in [1.29, 1.82) is 0 Å². The minimum atomic E-state index is 1.10. The lowest BCUT2D eigenvalue weighted by Gasteiger charge is -2.27. The topological polar surface area (TPSA) is 19.0 Å². The van der Waals surface area contributed by atoms with Crippen LogP contribution in [0.4, 0.5) is 17.1 Å². The Kier molecular flexibility index (Phi) is 7.26. The van der Waals surface area contributed by atoms with Crippen LogP contribution in [0.3, 0.4) is 0 Å². The molecule has 0 radical (unpaired) electrons. The van der Waals surface area contributed by atoms with E-state index in [9.17, 15) is 0 Å². The number of nitrogens with zero attached hydrogens (tertiary/aromatic N) is 1. The van der Waals surface area contributed by atoms with Crippen molar-refractivity contribution in [1.82, 2.24) is 4.98 Å². The third kappa shape index (κ3) is 5.05. The Labute approximate surface area is 336 Å². The maximum Gasteiger partial charge on any atom is 0.0544 e. The second-order valence-corrected chi connectivity index (χ2v) is 15.3. The standard InChI is InChI=1S/C56H36N2/c1-2-12-39(13-3-1)54-49-17-8-9-20-52(49)57-56(54)40-27-31-43(32-28-40)58(53-34-33-48-46-16-7-6-15-45(46)47-18-10-19-50(53)55(47)48)42-29-25-36(26-30-42)41-24-23-38-22-21-37-11-4-5-14-44(37)51(38)35-41/h1-35,57H. The van der Waals surface area contributed by atoms with Gasteiger partial charge in [0.05, 0.1) is 11.4 Å². The van der Waals surface area contributed by atoms with Gasteiger partial charge in [0, 0.05) is 33.2 Å². The Morgan fingerprint density at radius 3 is 1.67 bits per heavy atom. The summed E-state index contributed by atoms with van der Waals surface area (Å²) in [7, 11) is 0. The van der Waals surface area contributed by atoms with Crippen LogP contribution in [-0.4, -0.2) is 4.98 Å². The first-order valence-electron chi connectivity index (χ1n) is 20.0. The molecule has 0 bridgehead atoms. The summed E-state index contributed by atoms with van der Waals surface area (Å²) in [6.45, 7) is 0. The fourth-order valence-electron chi connectivity index (χ4n) is 9.44. The summed E-state index contributed by atoms with van der Waals surface area (Å²) < 4.78 is 0. The van der Waals surface area contributed by atoms with Crippen molar-refractivity contribution in [3.05, 3.63) is 212 Å². The van der Waals surface area contributed by atoms with Gasteiger partial charge in [-0.2, -0.15) is 0 Å². The number of hydrogen-bond donors (Lipinski definition) is 1. The highest BCUT2D eigenvalue weighted by Crippen LogP contribution is 2.51. The van der Waals surface area contributed by atoms with E-state index in [-0.39, 0.29) is 0 Å². The van der Waals surface area contributed by atoms with Crippen molar-refractivity contribution in [2.24, 2.45) is 0 Å². The highest BCUT2D eigenvalue weighted by molar-refractivity contribution is 6.19. The lowest BCUT2D eigenvalue weighted by atomic mass is 9.96. The van der Waals surface area contributed by atoms with Crippen LogP contribution >= 0.6 is 0 Å². The highest BCUT2D eigenvalue weighted by Gasteiger charge is 2.25. The van der Waals surface area contributed by atoms with Crippen LogP contribution in [0.2, 0.25) is 0 Å². The van der Waals surface area contributed by atoms with E-state index in [4.69, 9.17) is 0 Å². The van der Waals surface area contributed by atoms with Crippen molar-refractivity contribution < 1.29 is 0 Å². The number of benzene rings is 10. The SMILES string of the molecule is c1ccc(-c2c(-c3ccc(N(c4ccc(-c5ccc6ccc7ccccc7c6c5)cc4)c4ccc5c6c(cccc46)-c4ccccc4-5)cc3)[nH]c3ccccc23)cc1. The molecule has 1 aliphatic carbocycles. The number of rotatable bonds is 6. The molecule has 0 unspecified atom stereocenters. The molecule has 0 saturated carbocycles. The van der Waals surface area contributed by atoms with Crippen LogP contribution in [0.1, 0.15) is 0 Å². The molecule has 1 heterocycles. The molecule has 0 fully saturated rings. The summed E-state index contributed by atoms with van der Waals surface area (Å²) >= 11 is 0. The summed E-state index contributed by atoms with van der Waals surface area (Å²) in [6.07, 6.45) is 0. The smallest absolute Gasteiger partial charge is 0.0544 e. The zero-order valence-corrected chi connectivity index (χ0v) is 31.7. The molecular formula is C56H36N2. The van der Waals surface area contributed by atoms with Crippen molar-refractivity contribution in [3.63, 3.8) is 0 Å². The van der Waals surface area contributed by atoms with E-state index >= 15 is 0 Å². The molecule has 0 saturated heterocycles. The Morgan fingerprint density at radius 2 is 0.897 bits per heavy atom. The average molecular weight is 737 g/mol. The van der Waals surface area contributed by atoms with Crippen molar-refractivity contribution >= 4 is 60.3 Å². The van der Waals surface area contributed by atoms with E-state index in [0.29, 0.717) is 0 Å².